The molecule has 3 aromatic carbocycles. The van der Waals surface area contributed by atoms with Crippen LogP contribution in [-0.2, 0) is 27.2 Å². The fraction of sp³-hybridized carbons (Fsp3) is 0.371. The number of carbonyl (C=O) groups is 3. The molecule has 1 fully saturated rings. The monoisotopic (exact) mass is 691 g/mol. The van der Waals surface area contributed by atoms with Crippen LogP contribution >= 0.6 is 0 Å². The number of hydrazone groups is 1. The summed E-state index contributed by atoms with van der Waals surface area (Å²) in [6.07, 6.45) is -6.22. The van der Waals surface area contributed by atoms with Crippen LogP contribution in [0.25, 0.3) is 0 Å². The highest BCUT2D eigenvalue weighted by Gasteiger charge is 2.49. The third kappa shape index (κ3) is 6.19. The van der Waals surface area contributed by atoms with E-state index in [0.717, 1.165) is 0 Å². The van der Waals surface area contributed by atoms with Gasteiger partial charge in [-0.2, -0.15) is 5.10 Å². The molecule has 264 valence electrons. The van der Waals surface area contributed by atoms with Crippen molar-refractivity contribution in [3.63, 3.8) is 0 Å². The molecule has 0 saturated carbocycles. The number of benzene rings is 3. The molecule has 50 heavy (non-hydrogen) atoms. The molecule has 0 spiro atoms. The number of phenolic OH excluding ortho intramolecular Hbond substituents is 2. The summed E-state index contributed by atoms with van der Waals surface area (Å²) in [7, 11) is 1.32. The van der Waals surface area contributed by atoms with Crippen LogP contribution in [0.2, 0.25) is 0 Å². The van der Waals surface area contributed by atoms with Crippen LogP contribution in [-0.4, -0.2) is 92.8 Å². The number of carbonyl (C=O) groups excluding carboxylic acids is 3. The second-order valence-electron chi connectivity index (χ2n) is 12.5. The maximum atomic E-state index is 13.9. The van der Waals surface area contributed by atoms with Gasteiger partial charge in [-0.3, -0.25) is 9.59 Å². The first-order chi connectivity index (χ1) is 23.9. The number of fused-ring (bicyclic) bond motifs is 3. The largest absolute Gasteiger partial charge is 0.507 e. The van der Waals surface area contributed by atoms with Crippen LogP contribution in [0.1, 0.15) is 74.4 Å². The minimum atomic E-state index is -2.16. The summed E-state index contributed by atoms with van der Waals surface area (Å²) in [5, 5.41) is 60.2. The van der Waals surface area contributed by atoms with E-state index in [4.69, 9.17) is 24.7 Å². The summed E-state index contributed by atoms with van der Waals surface area (Å²) in [6, 6.07) is 12.4. The predicted molar refractivity (Wildman–Crippen MR) is 174 cm³/mol. The number of nitrogens with zero attached hydrogens (tertiary/aromatic N) is 1. The highest BCUT2D eigenvalue weighted by Crippen LogP contribution is 2.52. The summed E-state index contributed by atoms with van der Waals surface area (Å²) in [5.74, 6) is -2.86. The Kier molecular flexibility index (Phi) is 9.63. The number of hydrogen-bond acceptors (Lipinski definition) is 14. The van der Waals surface area contributed by atoms with Gasteiger partial charge in [0.15, 0.2) is 12.1 Å². The Morgan fingerprint density at radius 3 is 2.46 bits per heavy atom. The van der Waals surface area contributed by atoms with Crippen LogP contribution in [0.15, 0.2) is 53.6 Å². The number of phenols is 2. The van der Waals surface area contributed by atoms with E-state index in [0.29, 0.717) is 5.56 Å². The molecule has 0 bridgehead atoms. The molecule has 1 aliphatic heterocycles. The normalized spacial score (nSPS) is 26.0. The van der Waals surface area contributed by atoms with Gasteiger partial charge in [0.05, 0.1) is 54.4 Å². The SMILES string of the molecule is COc1cccc2c1C(=O)c1c(O)c3c(c(O)c1C2=O)C[C@@](O)(/C(CO)=N/NC(=O)OCc1ccccc1)C[C@@H]3O[C@H]1C[C@H](N)[C@H](O)[C@H](C)O1. The number of nitrogens with one attached hydrogen (secondary N) is 1. The van der Waals surface area contributed by atoms with Gasteiger partial charge < -0.3 is 50.2 Å². The average Bonchev–Trinajstić information content (AvgIpc) is 3.10. The molecule has 15 heteroatoms. The molecule has 1 heterocycles. The van der Waals surface area contributed by atoms with Gasteiger partial charge >= 0.3 is 6.09 Å². The van der Waals surface area contributed by atoms with Crippen LogP contribution in [0.5, 0.6) is 17.2 Å². The van der Waals surface area contributed by atoms with Crippen LogP contribution < -0.4 is 15.9 Å². The zero-order valence-corrected chi connectivity index (χ0v) is 27.2. The number of aromatic hydroxyl groups is 2. The van der Waals surface area contributed by atoms with Crippen molar-refractivity contribution in [2.24, 2.45) is 10.8 Å². The van der Waals surface area contributed by atoms with Crippen molar-refractivity contribution in [3.05, 3.63) is 87.5 Å². The van der Waals surface area contributed by atoms with Crippen molar-refractivity contribution >= 4 is 23.4 Å². The number of hydrogen-bond donors (Lipinski definition) is 7. The van der Waals surface area contributed by atoms with Gasteiger partial charge in [0.2, 0.25) is 5.78 Å². The van der Waals surface area contributed by atoms with Gasteiger partial charge in [0.1, 0.15) is 29.5 Å². The topological polar surface area (TPSA) is 240 Å². The first-order valence-corrected chi connectivity index (χ1v) is 15.9. The van der Waals surface area contributed by atoms with E-state index in [1.807, 2.05) is 0 Å². The molecule has 1 saturated heterocycles. The molecule has 6 rings (SSSR count). The number of nitrogens with two attached hydrogens (primary N) is 1. The fourth-order valence-electron chi connectivity index (χ4n) is 6.77. The number of amides is 1. The third-order valence-corrected chi connectivity index (χ3v) is 9.32. The van der Waals surface area contributed by atoms with Gasteiger partial charge in [0.25, 0.3) is 0 Å². The molecule has 0 aromatic heterocycles. The molecule has 6 atom stereocenters. The number of ketones is 2. The van der Waals surface area contributed by atoms with E-state index in [-0.39, 0.29) is 46.7 Å². The second-order valence-corrected chi connectivity index (χ2v) is 12.5. The molecular formula is C35H37N3O12. The van der Waals surface area contributed by atoms with Crippen molar-refractivity contribution in [2.75, 3.05) is 13.7 Å². The molecule has 1 amide bonds. The molecule has 8 N–H and O–H groups in total. The highest BCUT2D eigenvalue weighted by molar-refractivity contribution is 6.31. The van der Waals surface area contributed by atoms with Crippen LogP contribution in [0.3, 0.4) is 0 Å². The van der Waals surface area contributed by atoms with Crippen molar-refractivity contribution < 1.29 is 58.9 Å². The Hall–Kier alpha value is -4.90. The van der Waals surface area contributed by atoms with Gasteiger partial charge in [-0.25, -0.2) is 10.2 Å². The molecule has 0 radical (unpaired) electrons. The Morgan fingerprint density at radius 2 is 1.78 bits per heavy atom. The lowest BCUT2D eigenvalue weighted by atomic mass is 9.71. The fourth-order valence-corrected chi connectivity index (χ4v) is 6.77. The van der Waals surface area contributed by atoms with Gasteiger partial charge in [-0.15, -0.1) is 0 Å². The number of ether oxygens (including phenoxy) is 4. The van der Waals surface area contributed by atoms with Crippen LogP contribution in [0, 0.1) is 0 Å². The third-order valence-electron chi connectivity index (χ3n) is 9.32. The summed E-state index contributed by atoms with van der Waals surface area (Å²) >= 11 is 0. The molecule has 15 nitrogen and oxygen atoms in total. The molecule has 3 aromatic rings. The number of rotatable bonds is 8. The number of aliphatic hydroxyl groups excluding tert-OH is 2. The molecule has 0 unspecified atom stereocenters. The summed E-state index contributed by atoms with van der Waals surface area (Å²) in [5.41, 5.74) is 5.01. The lowest BCUT2D eigenvalue weighted by Gasteiger charge is -2.43. The Labute approximate surface area is 285 Å². The molecule has 2 aliphatic carbocycles. The summed E-state index contributed by atoms with van der Waals surface area (Å²) in [6.45, 7) is 0.619. The standard InChI is InChI=1S/C35H37N3O12/c1-16-29(40)20(36)11-24(49-16)50-22-13-35(46,23(14-39)37-38-34(45)48-15-17-7-4-3-5-8-17)12-19-26(22)33(44)28-27(31(19)42)30(41)18-9-6-10-21(47-2)25(18)32(28)43/h3-10,16,20,22,24,29,39-40,42,44,46H,11-15,36H2,1-2H3,(H,38,45)/b37-23+/t16-,20-,22-,24-,29+,35-/m0/s1. The van der Waals surface area contributed by atoms with E-state index in [1.54, 1.807) is 37.3 Å². The van der Waals surface area contributed by atoms with Crippen molar-refractivity contribution in [3.8, 4) is 17.2 Å². The van der Waals surface area contributed by atoms with E-state index in [1.165, 1.54) is 25.3 Å². The van der Waals surface area contributed by atoms with Crippen molar-refractivity contribution in [1.82, 2.24) is 5.43 Å². The minimum absolute atomic E-state index is 0.00873. The Bertz CT molecular complexity index is 1850. The van der Waals surface area contributed by atoms with Crippen molar-refractivity contribution in [1.29, 1.82) is 0 Å². The van der Waals surface area contributed by atoms with Gasteiger partial charge in [0, 0.05) is 42.0 Å². The minimum Gasteiger partial charge on any atom is -0.507 e. The van der Waals surface area contributed by atoms with Crippen LogP contribution in [0.4, 0.5) is 4.79 Å². The zero-order valence-electron chi connectivity index (χ0n) is 27.2. The average molecular weight is 692 g/mol. The summed E-state index contributed by atoms with van der Waals surface area (Å²) < 4.78 is 22.5. The lowest BCUT2D eigenvalue weighted by molar-refractivity contribution is -0.245. The summed E-state index contributed by atoms with van der Waals surface area (Å²) in [4.78, 5) is 40.2. The smallest absolute Gasteiger partial charge is 0.428 e. The number of methoxy groups -OCH3 is 1. The lowest BCUT2D eigenvalue weighted by Crippen LogP contribution is -2.53. The maximum Gasteiger partial charge on any atom is 0.428 e. The Morgan fingerprint density at radius 1 is 1.06 bits per heavy atom. The zero-order chi connectivity index (χ0) is 35.9. The molecular weight excluding hydrogens is 654 g/mol. The molecule has 3 aliphatic rings. The van der Waals surface area contributed by atoms with E-state index in [2.05, 4.69) is 10.5 Å². The number of aliphatic hydroxyl groups is 3. The van der Waals surface area contributed by atoms with E-state index >= 15 is 0 Å². The first-order valence-electron chi connectivity index (χ1n) is 15.9. The quantitative estimate of drug-likeness (QED) is 0.0792. The van der Waals surface area contributed by atoms with Gasteiger partial charge in [-0.05, 0) is 18.6 Å². The Balaban J connectivity index is 1.41. The maximum absolute atomic E-state index is 13.9. The highest BCUT2D eigenvalue weighted by atomic mass is 16.7. The van der Waals surface area contributed by atoms with E-state index in [9.17, 15) is 39.9 Å². The van der Waals surface area contributed by atoms with Gasteiger partial charge in [-0.1, -0.05) is 42.5 Å². The predicted octanol–water partition coefficient (Wildman–Crippen LogP) is 1.71. The van der Waals surface area contributed by atoms with Crippen molar-refractivity contribution in [2.45, 2.75) is 69.0 Å². The second kappa shape index (κ2) is 13.8. The van der Waals surface area contributed by atoms with E-state index < -0.39 is 96.0 Å². The first kappa shape index (κ1) is 34.9.